The third-order valence-corrected chi connectivity index (χ3v) is 6.74. The summed E-state index contributed by atoms with van der Waals surface area (Å²) in [7, 11) is -3.89. The van der Waals surface area contributed by atoms with E-state index in [9.17, 15) is 9.36 Å². The van der Waals surface area contributed by atoms with Crippen molar-refractivity contribution in [3.05, 3.63) is 96.6 Å². The van der Waals surface area contributed by atoms with Crippen molar-refractivity contribution in [1.29, 1.82) is 0 Å². The van der Waals surface area contributed by atoms with Crippen LogP contribution in [0.15, 0.2) is 91.0 Å². The number of amides is 1. The molecule has 1 amide bonds. The van der Waals surface area contributed by atoms with E-state index in [1.807, 2.05) is 56.3 Å². The van der Waals surface area contributed by atoms with Gasteiger partial charge in [-0.2, -0.15) is 0 Å². The lowest BCUT2D eigenvalue weighted by Crippen LogP contribution is -2.40. The summed E-state index contributed by atoms with van der Waals surface area (Å²) in [5.74, 6) is -0.433. The van der Waals surface area contributed by atoms with Crippen LogP contribution in [0.25, 0.3) is 0 Å². The fraction of sp³-hybridized carbons (Fsp3) is 0.208. The predicted molar refractivity (Wildman–Crippen MR) is 120 cm³/mol. The lowest BCUT2D eigenvalue weighted by Gasteiger charge is -2.30. The second-order valence-electron chi connectivity index (χ2n) is 7.24. The molecule has 3 aromatic carbocycles. The highest BCUT2D eigenvalue weighted by Crippen LogP contribution is 2.54. The van der Waals surface area contributed by atoms with E-state index < -0.39 is 19.5 Å². The molecule has 0 spiro atoms. The topological polar surface area (TPSA) is 73.9 Å². The standard InChI is InChI=1S/C24H26NO5P/c1-19(2)23(25-24(26)28-18-20-12-6-3-7-13-20)31(27,29-21-14-8-4-9-15-21)30-22-16-10-5-11-17-22/h3-17,19,23H,18H2,1-2H3,(H,25,26)/t23-/m0/s1. The van der Waals surface area contributed by atoms with Crippen molar-refractivity contribution in [2.75, 3.05) is 0 Å². The first-order chi connectivity index (χ1) is 15.0. The van der Waals surface area contributed by atoms with E-state index in [2.05, 4.69) is 5.32 Å². The Morgan fingerprint density at radius 1 is 0.806 bits per heavy atom. The van der Waals surface area contributed by atoms with Crippen LogP contribution < -0.4 is 14.4 Å². The molecule has 0 saturated heterocycles. The van der Waals surface area contributed by atoms with E-state index in [-0.39, 0.29) is 12.5 Å². The third-order valence-electron chi connectivity index (χ3n) is 4.40. The first-order valence-electron chi connectivity index (χ1n) is 10.0. The minimum atomic E-state index is -3.89. The number of carbonyl (C=O) groups is 1. The van der Waals surface area contributed by atoms with Crippen LogP contribution in [0, 0.1) is 5.92 Å². The van der Waals surface area contributed by atoms with E-state index in [0.29, 0.717) is 11.5 Å². The van der Waals surface area contributed by atoms with Gasteiger partial charge in [0.15, 0.2) is 5.78 Å². The molecular weight excluding hydrogens is 413 g/mol. The van der Waals surface area contributed by atoms with E-state index in [0.717, 1.165) is 5.56 Å². The van der Waals surface area contributed by atoms with Crippen molar-refractivity contribution in [2.45, 2.75) is 26.2 Å². The minimum Gasteiger partial charge on any atom is -0.445 e. The van der Waals surface area contributed by atoms with Gasteiger partial charge in [-0.05, 0) is 35.7 Å². The Kier molecular flexibility index (Phi) is 7.74. The summed E-state index contributed by atoms with van der Waals surface area (Å²) in [5, 5.41) is 2.69. The van der Waals surface area contributed by atoms with Gasteiger partial charge in [0, 0.05) is 0 Å². The number of nitrogens with one attached hydrogen (secondary N) is 1. The normalized spacial score (nSPS) is 12.1. The first-order valence-corrected chi connectivity index (χ1v) is 11.6. The Morgan fingerprint density at radius 3 is 1.71 bits per heavy atom. The van der Waals surface area contributed by atoms with Gasteiger partial charge in [-0.25, -0.2) is 9.36 Å². The Hall–Kier alpha value is -3.24. The number of benzene rings is 3. The molecule has 0 heterocycles. The molecule has 0 aliphatic heterocycles. The van der Waals surface area contributed by atoms with Gasteiger partial charge in [0.1, 0.15) is 18.1 Å². The van der Waals surface area contributed by atoms with Crippen LogP contribution >= 0.6 is 7.60 Å². The predicted octanol–water partition coefficient (Wildman–Crippen LogP) is 6.25. The van der Waals surface area contributed by atoms with Gasteiger partial charge in [0.2, 0.25) is 0 Å². The molecule has 0 aromatic heterocycles. The lowest BCUT2D eigenvalue weighted by molar-refractivity contribution is 0.135. The van der Waals surface area contributed by atoms with Crippen molar-refractivity contribution in [2.24, 2.45) is 5.92 Å². The summed E-state index contributed by atoms with van der Waals surface area (Å²) in [6.07, 6.45) is -0.698. The number of ether oxygens (including phenoxy) is 1. The van der Waals surface area contributed by atoms with E-state index >= 15 is 0 Å². The molecule has 0 unspecified atom stereocenters. The number of hydrogen-bond acceptors (Lipinski definition) is 5. The first kappa shape index (κ1) is 22.4. The van der Waals surface area contributed by atoms with Crippen molar-refractivity contribution >= 4 is 13.7 Å². The van der Waals surface area contributed by atoms with E-state index in [1.54, 1.807) is 48.5 Å². The molecule has 0 aliphatic carbocycles. The molecule has 3 rings (SSSR count). The fourth-order valence-electron chi connectivity index (χ4n) is 2.89. The maximum absolute atomic E-state index is 14.0. The van der Waals surface area contributed by atoms with Gasteiger partial charge >= 0.3 is 13.7 Å². The van der Waals surface area contributed by atoms with Crippen LogP contribution in [0.4, 0.5) is 4.79 Å². The number of rotatable bonds is 9. The average molecular weight is 439 g/mol. The smallest absolute Gasteiger partial charge is 0.445 e. The molecule has 31 heavy (non-hydrogen) atoms. The van der Waals surface area contributed by atoms with E-state index in [1.165, 1.54) is 0 Å². The molecule has 6 nitrogen and oxygen atoms in total. The molecule has 1 atom stereocenters. The Bertz CT molecular complexity index is 951. The summed E-state index contributed by atoms with van der Waals surface area (Å²) < 4.78 is 31.0. The summed E-state index contributed by atoms with van der Waals surface area (Å²) >= 11 is 0. The lowest BCUT2D eigenvalue weighted by atomic mass is 10.2. The van der Waals surface area contributed by atoms with Crippen LogP contribution in [0.1, 0.15) is 19.4 Å². The van der Waals surface area contributed by atoms with Crippen molar-refractivity contribution in [1.82, 2.24) is 5.32 Å². The van der Waals surface area contributed by atoms with E-state index in [4.69, 9.17) is 13.8 Å². The summed E-state index contributed by atoms with van der Waals surface area (Å²) in [6.45, 7) is 3.76. The zero-order chi connectivity index (χ0) is 22.1. The SMILES string of the molecule is CC(C)[C@@H](NC(=O)OCc1ccccc1)P(=O)(Oc1ccccc1)Oc1ccccc1. The second kappa shape index (κ2) is 10.7. The Labute approximate surface area is 182 Å². The van der Waals surface area contributed by atoms with Crippen LogP contribution in [-0.2, 0) is 15.9 Å². The molecule has 7 heteroatoms. The zero-order valence-electron chi connectivity index (χ0n) is 17.5. The molecular formula is C24H26NO5P. The summed E-state index contributed by atoms with van der Waals surface area (Å²) in [6, 6.07) is 26.8. The van der Waals surface area contributed by atoms with Crippen molar-refractivity contribution in [3.63, 3.8) is 0 Å². The molecule has 0 bridgehead atoms. The van der Waals surface area contributed by atoms with Gasteiger partial charge in [0.25, 0.3) is 0 Å². The molecule has 0 saturated carbocycles. The van der Waals surface area contributed by atoms with Gasteiger partial charge in [0.05, 0.1) is 0 Å². The fourth-order valence-corrected chi connectivity index (χ4v) is 4.97. The van der Waals surface area contributed by atoms with Gasteiger partial charge < -0.3 is 19.1 Å². The number of carbonyl (C=O) groups excluding carboxylic acids is 1. The van der Waals surface area contributed by atoms with Crippen LogP contribution in [0.5, 0.6) is 11.5 Å². The molecule has 0 aliphatic rings. The summed E-state index contributed by atoms with van der Waals surface area (Å²) in [5.41, 5.74) is 0.850. The van der Waals surface area contributed by atoms with Crippen LogP contribution in [-0.4, -0.2) is 11.9 Å². The summed E-state index contributed by atoms with van der Waals surface area (Å²) in [4.78, 5) is 12.5. The number of hydrogen-bond donors (Lipinski definition) is 1. The second-order valence-corrected chi connectivity index (χ2v) is 9.24. The Balaban J connectivity index is 1.80. The quantitative estimate of drug-likeness (QED) is 0.399. The highest BCUT2D eigenvalue weighted by atomic mass is 31.2. The van der Waals surface area contributed by atoms with Gasteiger partial charge in [-0.3, -0.25) is 0 Å². The molecule has 0 fully saturated rings. The molecule has 0 radical (unpaired) electrons. The van der Waals surface area contributed by atoms with Crippen molar-refractivity contribution < 1.29 is 23.1 Å². The molecule has 1 N–H and O–H groups in total. The van der Waals surface area contributed by atoms with Gasteiger partial charge in [-0.15, -0.1) is 0 Å². The van der Waals surface area contributed by atoms with Crippen molar-refractivity contribution in [3.8, 4) is 11.5 Å². The highest BCUT2D eigenvalue weighted by molar-refractivity contribution is 7.55. The molecule has 3 aromatic rings. The number of para-hydroxylation sites is 2. The average Bonchev–Trinajstić information content (AvgIpc) is 2.78. The monoisotopic (exact) mass is 439 g/mol. The molecule has 162 valence electrons. The van der Waals surface area contributed by atoms with Crippen LogP contribution in [0.3, 0.4) is 0 Å². The number of alkyl carbamates (subject to hydrolysis) is 1. The Morgan fingerprint density at radius 2 is 1.26 bits per heavy atom. The van der Waals surface area contributed by atoms with Crippen LogP contribution in [0.2, 0.25) is 0 Å². The maximum atomic E-state index is 14.0. The largest absolute Gasteiger partial charge is 0.453 e. The van der Waals surface area contributed by atoms with Gasteiger partial charge in [-0.1, -0.05) is 80.6 Å². The highest BCUT2D eigenvalue weighted by Gasteiger charge is 2.43. The maximum Gasteiger partial charge on any atom is 0.453 e. The third kappa shape index (κ3) is 6.63. The zero-order valence-corrected chi connectivity index (χ0v) is 18.4. The minimum absolute atomic E-state index is 0.0981.